The maximum absolute atomic E-state index is 5.93. The fraction of sp³-hybridized carbons (Fsp3) is 0.583. The normalized spacial score (nSPS) is 25.4. The predicted octanol–water partition coefficient (Wildman–Crippen LogP) is 4.56. The Morgan fingerprint density at radius 2 is 2.19 bits per heavy atom. The molecule has 0 aromatic carbocycles. The number of nitrogens with zero attached hydrogens (tertiary/aromatic N) is 1. The number of rotatable bonds is 2. The maximum atomic E-state index is 5.93. The van der Waals surface area contributed by atoms with E-state index in [1.165, 1.54) is 12.8 Å². The van der Waals surface area contributed by atoms with Crippen molar-refractivity contribution < 1.29 is 4.74 Å². The molecule has 2 unspecified atom stereocenters. The van der Waals surface area contributed by atoms with Crippen molar-refractivity contribution in [3.63, 3.8) is 0 Å². The molecule has 88 valence electrons. The molecule has 16 heavy (non-hydrogen) atoms. The van der Waals surface area contributed by atoms with Crippen LogP contribution in [0.4, 0.5) is 0 Å². The summed E-state index contributed by atoms with van der Waals surface area (Å²) in [6, 6.07) is 1.97. The average Bonchev–Trinajstić information content (AvgIpc) is 2.22. The highest BCUT2D eigenvalue weighted by Crippen LogP contribution is 2.31. The fourth-order valence-electron chi connectivity index (χ4n) is 2.13. The minimum Gasteiger partial charge on any atom is -0.474 e. The molecular formula is C12H15Br2NO. The molecule has 1 saturated carbocycles. The van der Waals surface area contributed by atoms with E-state index >= 15 is 0 Å². The Balaban J connectivity index is 2.02. The minimum absolute atomic E-state index is 0.328. The van der Waals surface area contributed by atoms with E-state index in [0.717, 1.165) is 27.7 Å². The molecule has 0 radical (unpaired) electrons. The quantitative estimate of drug-likeness (QED) is 0.781. The van der Waals surface area contributed by atoms with Crippen LogP contribution in [0.3, 0.4) is 0 Å². The predicted molar refractivity (Wildman–Crippen MR) is 71.7 cm³/mol. The number of aromatic nitrogens is 1. The van der Waals surface area contributed by atoms with E-state index in [9.17, 15) is 0 Å². The van der Waals surface area contributed by atoms with Crippen molar-refractivity contribution in [1.82, 2.24) is 4.98 Å². The van der Waals surface area contributed by atoms with Gasteiger partial charge in [0, 0.05) is 10.7 Å². The third-order valence-corrected chi connectivity index (χ3v) is 3.94. The topological polar surface area (TPSA) is 22.1 Å². The summed E-state index contributed by atoms with van der Waals surface area (Å²) in [5.74, 6) is 1.48. The van der Waals surface area contributed by atoms with Crippen LogP contribution in [0.15, 0.2) is 21.2 Å². The Morgan fingerprint density at radius 3 is 2.88 bits per heavy atom. The van der Waals surface area contributed by atoms with Crippen LogP contribution in [-0.4, -0.2) is 11.1 Å². The third-order valence-electron chi connectivity index (χ3n) is 2.94. The molecular weight excluding hydrogens is 334 g/mol. The zero-order chi connectivity index (χ0) is 11.5. The first-order chi connectivity index (χ1) is 7.65. The van der Waals surface area contributed by atoms with Crippen LogP contribution in [0.25, 0.3) is 0 Å². The number of ether oxygens (including phenoxy) is 1. The van der Waals surface area contributed by atoms with Gasteiger partial charge in [-0.25, -0.2) is 4.98 Å². The molecule has 1 aliphatic carbocycles. The molecule has 4 heteroatoms. The monoisotopic (exact) mass is 347 g/mol. The minimum atomic E-state index is 0.328. The lowest BCUT2D eigenvalue weighted by atomic mass is 9.89. The Labute approximate surface area is 113 Å². The van der Waals surface area contributed by atoms with E-state index in [0.29, 0.717) is 12.0 Å². The second kappa shape index (κ2) is 5.50. The van der Waals surface area contributed by atoms with E-state index in [1.54, 1.807) is 6.20 Å². The molecule has 0 N–H and O–H groups in total. The van der Waals surface area contributed by atoms with E-state index in [1.807, 2.05) is 6.07 Å². The fourth-order valence-corrected chi connectivity index (χ4v) is 3.21. The van der Waals surface area contributed by atoms with Gasteiger partial charge in [-0.2, -0.15) is 0 Å². The van der Waals surface area contributed by atoms with Crippen LogP contribution in [0.1, 0.15) is 32.6 Å². The lowest BCUT2D eigenvalue weighted by Crippen LogP contribution is -2.24. The van der Waals surface area contributed by atoms with Gasteiger partial charge >= 0.3 is 0 Å². The highest BCUT2D eigenvalue weighted by Gasteiger charge is 2.21. The van der Waals surface area contributed by atoms with Crippen molar-refractivity contribution in [2.75, 3.05) is 0 Å². The van der Waals surface area contributed by atoms with E-state index in [2.05, 4.69) is 43.8 Å². The van der Waals surface area contributed by atoms with Crippen LogP contribution in [-0.2, 0) is 0 Å². The average molecular weight is 349 g/mol. The van der Waals surface area contributed by atoms with Gasteiger partial charge in [-0.05, 0) is 63.1 Å². The molecule has 2 rings (SSSR count). The van der Waals surface area contributed by atoms with Crippen LogP contribution in [0, 0.1) is 5.92 Å². The maximum Gasteiger partial charge on any atom is 0.228 e. The van der Waals surface area contributed by atoms with Gasteiger partial charge < -0.3 is 4.74 Å². The third kappa shape index (κ3) is 3.20. The highest BCUT2D eigenvalue weighted by atomic mass is 79.9. The molecule has 0 spiro atoms. The molecule has 1 aromatic rings. The molecule has 1 aromatic heterocycles. The standard InChI is InChI=1S/C12H15Br2NO/c1-8-3-2-4-10(5-8)16-12-11(14)6-9(13)7-15-12/h6-8,10H,2-5H2,1H3. The molecule has 2 atom stereocenters. The van der Waals surface area contributed by atoms with Gasteiger partial charge in [0.25, 0.3) is 0 Å². The van der Waals surface area contributed by atoms with E-state index in [4.69, 9.17) is 4.74 Å². The van der Waals surface area contributed by atoms with Crippen LogP contribution in [0.2, 0.25) is 0 Å². The Bertz CT molecular complexity index is 370. The van der Waals surface area contributed by atoms with Crippen molar-refractivity contribution in [1.29, 1.82) is 0 Å². The van der Waals surface area contributed by atoms with Crippen LogP contribution < -0.4 is 4.74 Å². The number of hydrogen-bond donors (Lipinski definition) is 0. The molecule has 0 amide bonds. The number of pyridine rings is 1. The second-order valence-electron chi connectivity index (χ2n) is 4.45. The van der Waals surface area contributed by atoms with Crippen LogP contribution >= 0.6 is 31.9 Å². The molecule has 2 nitrogen and oxygen atoms in total. The van der Waals surface area contributed by atoms with Gasteiger partial charge in [-0.1, -0.05) is 13.3 Å². The number of halogens is 2. The summed E-state index contributed by atoms with van der Waals surface area (Å²) >= 11 is 6.85. The van der Waals surface area contributed by atoms with Crippen molar-refractivity contribution in [2.24, 2.45) is 5.92 Å². The van der Waals surface area contributed by atoms with Crippen molar-refractivity contribution >= 4 is 31.9 Å². The summed E-state index contributed by atoms with van der Waals surface area (Å²) < 4.78 is 7.81. The van der Waals surface area contributed by atoms with Gasteiger partial charge in [0.1, 0.15) is 6.10 Å². The number of hydrogen-bond acceptors (Lipinski definition) is 2. The van der Waals surface area contributed by atoms with Gasteiger partial charge in [0.2, 0.25) is 5.88 Å². The van der Waals surface area contributed by atoms with Crippen molar-refractivity contribution in [3.05, 3.63) is 21.2 Å². The van der Waals surface area contributed by atoms with E-state index < -0.39 is 0 Å². The Kier molecular flexibility index (Phi) is 4.25. The molecule has 1 aliphatic rings. The smallest absolute Gasteiger partial charge is 0.228 e. The highest BCUT2D eigenvalue weighted by molar-refractivity contribution is 9.11. The summed E-state index contributed by atoms with van der Waals surface area (Å²) in [4.78, 5) is 4.28. The van der Waals surface area contributed by atoms with Gasteiger partial charge in [-0.15, -0.1) is 0 Å². The zero-order valence-electron chi connectivity index (χ0n) is 9.25. The Morgan fingerprint density at radius 1 is 1.38 bits per heavy atom. The molecule has 0 bridgehead atoms. The second-order valence-corrected chi connectivity index (χ2v) is 6.22. The largest absolute Gasteiger partial charge is 0.474 e. The van der Waals surface area contributed by atoms with Crippen molar-refractivity contribution in [3.8, 4) is 5.88 Å². The zero-order valence-corrected chi connectivity index (χ0v) is 12.4. The lowest BCUT2D eigenvalue weighted by molar-refractivity contribution is 0.123. The SMILES string of the molecule is CC1CCCC(Oc2ncc(Br)cc2Br)C1. The Hall–Kier alpha value is -0.0900. The van der Waals surface area contributed by atoms with Gasteiger partial charge in [-0.3, -0.25) is 0 Å². The summed E-state index contributed by atoms with van der Waals surface area (Å²) in [7, 11) is 0. The summed E-state index contributed by atoms with van der Waals surface area (Å²) in [6.45, 7) is 2.29. The molecule has 1 fully saturated rings. The molecule has 0 saturated heterocycles. The summed E-state index contributed by atoms with van der Waals surface area (Å²) in [6.07, 6.45) is 6.98. The lowest BCUT2D eigenvalue weighted by Gasteiger charge is -2.27. The van der Waals surface area contributed by atoms with Gasteiger partial charge in [0.15, 0.2) is 0 Å². The summed E-state index contributed by atoms with van der Waals surface area (Å²) in [5, 5.41) is 0. The summed E-state index contributed by atoms with van der Waals surface area (Å²) in [5.41, 5.74) is 0. The van der Waals surface area contributed by atoms with Gasteiger partial charge in [0.05, 0.1) is 4.47 Å². The molecule has 1 heterocycles. The first kappa shape index (κ1) is 12.4. The van der Waals surface area contributed by atoms with Crippen molar-refractivity contribution in [2.45, 2.75) is 38.7 Å². The first-order valence-electron chi connectivity index (χ1n) is 5.63. The molecule has 0 aliphatic heterocycles. The first-order valence-corrected chi connectivity index (χ1v) is 7.21. The van der Waals surface area contributed by atoms with Crippen LogP contribution in [0.5, 0.6) is 5.88 Å². The van der Waals surface area contributed by atoms with E-state index in [-0.39, 0.29) is 0 Å².